The topological polar surface area (TPSA) is 56.1 Å². The van der Waals surface area contributed by atoms with Gasteiger partial charge in [-0.1, -0.05) is 6.92 Å². The molecule has 102 valence electrons. The van der Waals surface area contributed by atoms with Crippen LogP contribution in [0.2, 0.25) is 0 Å². The highest BCUT2D eigenvalue weighted by Crippen LogP contribution is 2.19. The van der Waals surface area contributed by atoms with Crippen molar-refractivity contribution in [3.63, 3.8) is 0 Å². The summed E-state index contributed by atoms with van der Waals surface area (Å²) in [6, 6.07) is 2.64. The third-order valence-electron chi connectivity index (χ3n) is 3.73. The zero-order valence-corrected chi connectivity index (χ0v) is 11.8. The van der Waals surface area contributed by atoms with Gasteiger partial charge < -0.3 is 10.2 Å². The molecule has 1 N–H and O–H groups in total. The zero-order chi connectivity index (χ0) is 13.5. The van der Waals surface area contributed by atoms with E-state index in [0.29, 0.717) is 12.5 Å². The molecule has 1 heterocycles. The van der Waals surface area contributed by atoms with Crippen molar-refractivity contribution < 1.29 is 4.79 Å². The molecular formula is C14H25N3O. The van der Waals surface area contributed by atoms with Crippen LogP contribution in [0.5, 0.6) is 0 Å². The number of likely N-dealkylation sites (tertiary alicyclic amines) is 1. The van der Waals surface area contributed by atoms with E-state index in [1.807, 2.05) is 6.92 Å². The summed E-state index contributed by atoms with van der Waals surface area (Å²) in [7, 11) is 0. The summed E-state index contributed by atoms with van der Waals surface area (Å²) in [5.74, 6) is 0.219. The predicted octanol–water partition coefficient (Wildman–Crippen LogP) is 1.92. The normalized spacial score (nSPS) is 22.5. The Balaban J connectivity index is 2.48. The molecular weight excluding hydrogens is 226 g/mol. The second-order valence-electron chi connectivity index (χ2n) is 5.40. The molecule has 4 nitrogen and oxygen atoms in total. The molecule has 2 unspecified atom stereocenters. The first kappa shape index (κ1) is 15.0. The maximum absolute atomic E-state index is 12.2. The van der Waals surface area contributed by atoms with Crippen molar-refractivity contribution in [3.05, 3.63) is 0 Å². The summed E-state index contributed by atoms with van der Waals surface area (Å²) >= 11 is 0. The smallest absolute Gasteiger partial charge is 0.224 e. The second kappa shape index (κ2) is 7.38. The Morgan fingerprint density at radius 2 is 2.28 bits per heavy atom. The van der Waals surface area contributed by atoms with E-state index >= 15 is 0 Å². The minimum atomic E-state index is 0.0110. The highest BCUT2D eigenvalue weighted by Gasteiger charge is 2.27. The maximum Gasteiger partial charge on any atom is 0.224 e. The lowest BCUT2D eigenvalue weighted by molar-refractivity contribution is -0.127. The van der Waals surface area contributed by atoms with Crippen LogP contribution >= 0.6 is 0 Å². The van der Waals surface area contributed by atoms with Crippen LogP contribution in [-0.4, -0.2) is 36.0 Å². The second-order valence-corrected chi connectivity index (χ2v) is 5.40. The highest BCUT2D eigenvalue weighted by atomic mass is 16.2. The van der Waals surface area contributed by atoms with E-state index in [9.17, 15) is 4.79 Å². The largest absolute Gasteiger partial charge is 0.352 e. The van der Waals surface area contributed by atoms with Crippen LogP contribution in [0.15, 0.2) is 0 Å². The minimum Gasteiger partial charge on any atom is -0.352 e. The summed E-state index contributed by atoms with van der Waals surface area (Å²) < 4.78 is 0. The number of carbonyl (C=O) groups excluding carboxylic acids is 1. The lowest BCUT2D eigenvalue weighted by atomic mass is 9.95. The lowest BCUT2D eigenvalue weighted by Crippen LogP contribution is -2.47. The average molecular weight is 251 g/mol. The fraction of sp³-hybridized carbons (Fsp3) is 0.857. The third kappa shape index (κ3) is 4.30. The first-order valence-electron chi connectivity index (χ1n) is 6.99. The first-order chi connectivity index (χ1) is 8.58. The Morgan fingerprint density at radius 1 is 1.56 bits per heavy atom. The van der Waals surface area contributed by atoms with Gasteiger partial charge in [0.1, 0.15) is 0 Å². The molecule has 0 saturated carbocycles. The summed E-state index contributed by atoms with van der Waals surface area (Å²) in [6.45, 7) is 8.29. The quantitative estimate of drug-likeness (QED) is 0.812. The highest BCUT2D eigenvalue weighted by molar-refractivity contribution is 5.79. The van der Waals surface area contributed by atoms with Crippen molar-refractivity contribution in [2.75, 3.05) is 13.1 Å². The molecule has 0 aromatic carbocycles. The van der Waals surface area contributed by atoms with Gasteiger partial charge in [0.05, 0.1) is 18.4 Å². The Hall–Kier alpha value is -1.08. The van der Waals surface area contributed by atoms with Gasteiger partial charge in [0.15, 0.2) is 0 Å². The van der Waals surface area contributed by atoms with Gasteiger partial charge in [-0.15, -0.1) is 0 Å². The Morgan fingerprint density at radius 3 is 2.83 bits per heavy atom. The molecule has 0 aromatic rings. The van der Waals surface area contributed by atoms with E-state index in [0.717, 1.165) is 32.4 Å². The van der Waals surface area contributed by atoms with E-state index < -0.39 is 0 Å². The van der Waals surface area contributed by atoms with Crippen LogP contribution < -0.4 is 5.32 Å². The molecule has 0 bridgehead atoms. The third-order valence-corrected chi connectivity index (χ3v) is 3.73. The van der Waals surface area contributed by atoms with Crippen molar-refractivity contribution in [2.24, 2.45) is 5.92 Å². The van der Waals surface area contributed by atoms with Crippen LogP contribution in [0.1, 0.15) is 46.5 Å². The molecule has 0 aromatic heterocycles. The zero-order valence-electron chi connectivity index (χ0n) is 11.8. The molecule has 1 aliphatic rings. The summed E-state index contributed by atoms with van der Waals surface area (Å²) in [5.41, 5.74) is 0. The molecule has 2 atom stereocenters. The molecule has 4 heteroatoms. The van der Waals surface area contributed by atoms with Crippen molar-refractivity contribution in [1.82, 2.24) is 10.2 Å². The van der Waals surface area contributed by atoms with Gasteiger partial charge in [-0.2, -0.15) is 5.26 Å². The number of carbonyl (C=O) groups is 1. The van der Waals surface area contributed by atoms with Gasteiger partial charge in [0.2, 0.25) is 5.91 Å². The van der Waals surface area contributed by atoms with Crippen LogP contribution in [0.4, 0.5) is 0 Å². The fourth-order valence-corrected chi connectivity index (χ4v) is 2.42. The number of nitrogens with one attached hydrogen (secondary N) is 1. The van der Waals surface area contributed by atoms with E-state index in [1.165, 1.54) is 0 Å². The van der Waals surface area contributed by atoms with Crippen LogP contribution in [0.25, 0.3) is 0 Å². The van der Waals surface area contributed by atoms with Gasteiger partial charge in [-0.25, -0.2) is 0 Å². The molecule has 1 rings (SSSR count). The Kier molecular flexibility index (Phi) is 6.14. The Labute approximate surface area is 110 Å². The summed E-state index contributed by atoms with van der Waals surface area (Å²) in [4.78, 5) is 14.5. The van der Waals surface area contributed by atoms with Crippen molar-refractivity contribution in [1.29, 1.82) is 5.26 Å². The lowest BCUT2D eigenvalue weighted by Gasteiger charge is -2.35. The number of hydrogen-bond acceptors (Lipinski definition) is 3. The molecule has 0 spiro atoms. The van der Waals surface area contributed by atoms with Gasteiger partial charge in [0.25, 0.3) is 0 Å². The molecule has 1 aliphatic heterocycles. The van der Waals surface area contributed by atoms with Gasteiger partial charge in [-0.05, 0) is 39.7 Å². The molecule has 0 radical (unpaired) electrons. The number of nitriles is 1. The van der Waals surface area contributed by atoms with E-state index in [2.05, 4.69) is 30.1 Å². The van der Waals surface area contributed by atoms with Crippen molar-refractivity contribution >= 4 is 5.91 Å². The van der Waals surface area contributed by atoms with Gasteiger partial charge in [-0.3, -0.25) is 4.79 Å². The molecule has 0 aliphatic carbocycles. The predicted molar refractivity (Wildman–Crippen MR) is 71.9 cm³/mol. The van der Waals surface area contributed by atoms with Crippen LogP contribution in [0.3, 0.4) is 0 Å². The van der Waals surface area contributed by atoms with Crippen LogP contribution in [-0.2, 0) is 4.79 Å². The van der Waals surface area contributed by atoms with Gasteiger partial charge in [0, 0.05) is 18.6 Å². The number of hydrogen-bond donors (Lipinski definition) is 1. The number of amides is 1. The SMILES string of the molecule is CCC(CC#N)NC(=O)C1CCCN(C(C)C)C1. The molecule has 1 amide bonds. The average Bonchev–Trinajstić information content (AvgIpc) is 2.38. The summed E-state index contributed by atoms with van der Waals surface area (Å²) in [6.07, 6.45) is 3.28. The number of piperidine rings is 1. The molecule has 1 fully saturated rings. The standard InChI is InChI=1S/C14H25N3O/c1-4-13(7-8-15)16-14(18)12-6-5-9-17(10-12)11(2)3/h11-13H,4-7,9-10H2,1-3H3,(H,16,18). The number of rotatable bonds is 5. The van der Waals surface area contributed by atoms with E-state index in [-0.39, 0.29) is 17.9 Å². The fourth-order valence-electron chi connectivity index (χ4n) is 2.42. The summed E-state index contributed by atoms with van der Waals surface area (Å²) in [5, 5.41) is 11.7. The monoisotopic (exact) mass is 251 g/mol. The Bertz CT molecular complexity index is 309. The molecule has 18 heavy (non-hydrogen) atoms. The maximum atomic E-state index is 12.2. The van der Waals surface area contributed by atoms with E-state index in [1.54, 1.807) is 0 Å². The number of nitrogens with zero attached hydrogens (tertiary/aromatic N) is 2. The minimum absolute atomic E-state index is 0.0110. The van der Waals surface area contributed by atoms with Gasteiger partial charge >= 0.3 is 0 Å². The van der Waals surface area contributed by atoms with Crippen molar-refractivity contribution in [2.45, 2.75) is 58.5 Å². The molecule has 1 saturated heterocycles. The van der Waals surface area contributed by atoms with E-state index in [4.69, 9.17) is 5.26 Å². The van der Waals surface area contributed by atoms with Crippen molar-refractivity contribution in [3.8, 4) is 6.07 Å². The first-order valence-corrected chi connectivity index (χ1v) is 6.99. The van der Waals surface area contributed by atoms with Crippen LogP contribution in [0, 0.1) is 17.2 Å².